The normalized spacial score (nSPS) is 23.0. The van der Waals surface area contributed by atoms with Crippen molar-refractivity contribution >= 4 is 16.0 Å². The molecule has 1 fully saturated rings. The molecule has 0 amide bonds. The van der Waals surface area contributed by atoms with E-state index in [1.165, 1.54) is 11.4 Å². The quantitative estimate of drug-likeness (QED) is 0.666. The molecule has 1 atom stereocenters. The van der Waals surface area contributed by atoms with Gasteiger partial charge in [0.1, 0.15) is 0 Å². The van der Waals surface area contributed by atoms with Crippen LogP contribution in [0.25, 0.3) is 0 Å². The molecule has 1 saturated heterocycles. The smallest absolute Gasteiger partial charge is 0.306 e. The third-order valence-electron chi connectivity index (χ3n) is 2.61. The second-order valence-electron chi connectivity index (χ2n) is 3.90. The van der Waals surface area contributed by atoms with Gasteiger partial charge in [0.05, 0.1) is 19.3 Å². The van der Waals surface area contributed by atoms with Crippen LogP contribution in [0.5, 0.6) is 0 Å². The van der Waals surface area contributed by atoms with Gasteiger partial charge in [-0.3, -0.25) is 4.79 Å². The number of methoxy groups -OCH3 is 1. The van der Waals surface area contributed by atoms with E-state index in [0.29, 0.717) is 13.1 Å². The first kappa shape index (κ1) is 13.4. The van der Waals surface area contributed by atoms with E-state index >= 15 is 0 Å². The molecule has 0 bridgehead atoms. The van der Waals surface area contributed by atoms with Gasteiger partial charge < -0.3 is 10.5 Å². The number of piperidine rings is 1. The number of nitrogens with zero attached hydrogens (tertiary/aromatic N) is 1. The highest BCUT2D eigenvalue weighted by molar-refractivity contribution is 7.89. The first-order valence-corrected chi connectivity index (χ1v) is 6.87. The SMILES string of the molecule is COC(=O)CCS(=O)(=O)N1CCCC(N)C1. The molecular weight excluding hydrogens is 232 g/mol. The van der Waals surface area contributed by atoms with Gasteiger partial charge in [-0.25, -0.2) is 12.7 Å². The van der Waals surface area contributed by atoms with Gasteiger partial charge in [0.25, 0.3) is 0 Å². The predicted molar refractivity (Wildman–Crippen MR) is 59.2 cm³/mol. The van der Waals surface area contributed by atoms with Gasteiger partial charge in [0, 0.05) is 19.1 Å². The highest BCUT2D eigenvalue weighted by Gasteiger charge is 2.27. The molecule has 2 N–H and O–H groups in total. The maximum atomic E-state index is 11.8. The summed E-state index contributed by atoms with van der Waals surface area (Å²) in [6.45, 7) is 0.848. The van der Waals surface area contributed by atoms with Crippen molar-refractivity contribution in [1.29, 1.82) is 0 Å². The average Bonchev–Trinajstić information content (AvgIpc) is 2.26. The molecule has 1 rings (SSSR count). The fourth-order valence-corrected chi connectivity index (χ4v) is 3.18. The molecule has 1 aliphatic heterocycles. The summed E-state index contributed by atoms with van der Waals surface area (Å²) < 4.78 is 29.4. The van der Waals surface area contributed by atoms with Crippen LogP contribution in [0, 0.1) is 0 Å². The third-order valence-corrected chi connectivity index (χ3v) is 4.44. The Morgan fingerprint density at radius 1 is 1.56 bits per heavy atom. The summed E-state index contributed by atoms with van der Waals surface area (Å²) in [6, 6.07) is -0.0957. The van der Waals surface area contributed by atoms with Crippen LogP contribution >= 0.6 is 0 Å². The lowest BCUT2D eigenvalue weighted by Gasteiger charge is -2.29. The van der Waals surface area contributed by atoms with Crippen molar-refractivity contribution in [2.45, 2.75) is 25.3 Å². The summed E-state index contributed by atoms with van der Waals surface area (Å²) in [7, 11) is -2.13. The molecule has 1 unspecified atom stereocenters. The summed E-state index contributed by atoms with van der Waals surface area (Å²) in [5, 5.41) is 0. The van der Waals surface area contributed by atoms with E-state index in [1.807, 2.05) is 0 Å². The predicted octanol–water partition coefficient (Wildman–Crippen LogP) is -0.698. The molecule has 0 aliphatic carbocycles. The Hall–Kier alpha value is -0.660. The maximum Gasteiger partial charge on any atom is 0.306 e. The molecule has 0 aromatic rings. The van der Waals surface area contributed by atoms with Crippen LogP contribution in [0.1, 0.15) is 19.3 Å². The van der Waals surface area contributed by atoms with E-state index in [4.69, 9.17) is 5.73 Å². The van der Waals surface area contributed by atoms with Gasteiger partial charge in [-0.1, -0.05) is 0 Å². The van der Waals surface area contributed by atoms with Crippen molar-refractivity contribution in [3.05, 3.63) is 0 Å². The van der Waals surface area contributed by atoms with Gasteiger partial charge >= 0.3 is 5.97 Å². The van der Waals surface area contributed by atoms with E-state index in [2.05, 4.69) is 4.74 Å². The van der Waals surface area contributed by atoms with E-state index in [-0.39, 0.29) is 18.2 Å². The Kier molecular flexibility index (Phi) is 4.69. The topological polar surface area (TPSA) is 89.7 Å². The Morgan fingerprint density at radius 2 is 2.25 bits per heavy atom. The molecule has 1 aliphatic rings. The zero-order chi connectivity index (χ0) is 12.2. The lowest BCUT2D eigenvalue weighted by atomic mass is 10.1. The Balaban J connectivity index is 2.52. The number of esters is 1. The molecule has 0 spiro atoms. The summed E-state index contributed by atoms with van der Waals surface area (Å²) in [4.78, 5) is 10.9. The van der Waals surface area contributed by atoms with Gasteiger partial charge in [-0.15, -0.1) is 0 Å². The number of rotatable bonds is 4. The summed E-state index contributed by atoms with van der Waals surface area (Å²) in [5.74, 6) is -0.711. The number of carbonyl (C=O) groups excluding carboxylic acids is 1. The van der Waals surface area contributed by atoms with Crippen LogP contribution in [0.15, 0.2) is 0 Å². The van der Waals surface area contributed by atoms with E-state index in [0.717, 1.165) is 12.8 Å². The second-order valence-corrected chi connectivity index (χ2v) is 5.99. The highest BCUT2D eigenvalue weighted by Crippen LogP contribution is 2.13. The van der Waals surface area contributed by atoms with E-state index in [9.17, 15) is 13.2 Å². The molecule has 7 heteroatoms. The lowest BCUT2D eigenvalue weighted by molar-refractivity contribution is -0.140. The molecule has 94 valence electrons. The Labute approximate surface area is 95.8 Å². The Bertz CT molecular complexity index is 341. The maximum absolute atomic E-state index is 11.8. The van der Waals surface area contributed by atoms with Crippen molar-refractivity contribution in [1.82, 2.24) is 4.31 Å². The zero-order valence-electron chi connectivity index (χ0n) is 9.39. The van der Waals surface area contributed by atoms with Crippen LogP contribution < -0.4 is 5.73 Å². The van der Waals surface area contributed by atoms with Crippen molar-refractivity contribution < 1.29 is 17.9 Å². The highest BCUT2D eigenvalue weighted by atomic mass is 32.2. The molecule has 0 aromatic heterocycles. The van der Waals surface area contributed by atoms with E-state index < -0.39 is 16.0 Å². The molecule has 1 heterocycles. The van der Waals surface area contributed by atoms with Crippen LogP contribution in [0.3, 0.4) is 0 Å². The van der Waals surface area contributed by atoms with Crippen LogP contribution in [0.4, 0.5) is 0 Å². The van der Waals surface area contributed by atoms with Crippen LogP contribution in [-0.4, -0.2) is 50.7 Å². The van der Waals surface area contributed by atoms with Crippen molar-refractivity contribution in [2.75, 3.05) is 26.0 Å². The Morgan fingerprint density at radius 3 is 2.81 bits per heavy atom. The minimum Gasteiger partial charge on any atom is -0.469 e. The van der Waals surface area contributed by atoms with Gasteiger partial charge in [-0.2, -0.15) is 0 Å². The molecule has 16 heavy (non-hydrogen) atoms. The third kappa shape index (κ3) is 3.73. The van der Waals surface area contributed by atoms with Gasteiger partial charge in [0.15, 0.2) is 0 Å². The number of ether oxygens (including phenoxy) is 1. The second kappa shape index (κ2) is 5.60. The fraction of sp³-hybridized carbons (Fsp3) is 0.889. The van der Waals surface area contributed by atoms with Crippen molar-refractivity contribution in [3.63, 3.8) is 0 Å². The van der Waals surface area contributed by atoms with Gasteiger partial charge in [0.2, 0.25) is 10.0 Å². The number of carbonyl (C=O) groups is 1. The average molecular weight is 250 g/mol. The molecule has 6 nitrogen and oxygen atoms in total. The largest absolute Gasteiger partial charge is 0.469 e. The summed E-state index contributed by atoms with van der Waals surface area (Å²) >= 11 is 0. The summed E-state index contributed by atoms with van der Waals surface area (Å²) in [5.41, 5.74) is 5.71. The minimum atomic E-state index is -3.37. The van der Waals surface area contributed by atoms with Crippen molar-refractivity contribution in [3.8, 4) is 0 Å². The first-order chi connectivity index (χ1) is 7.45. The molecule has 0 aromatic carbocycles. The fourth-order valence-electron chi connectivity index (χ4n) is 1.67. The minimum absolute atomic E-state index is 0.0957. The van der Waals surface area contributed by atoms with Crippen molar-refractivity contribution in [2.24, 2.45) is 5.73 Å². The van der Waals surface area contributed by atoms with E-state index in [1.54, 1.807) is 0 Å². The number of nitrogens with two attached hydrogens (primary N) is 1. The number of sulfonamides is 1. The first-order valence-electron chi connectivity index (χ1n) is 5.26. The lowest BCUT2D eigenvalue weighted by Crippen LogP contribution is -2.46. The number of hydrogen-bond acceptors (Lipinski definition) is 5. The monoisotopic (exact) mass is 250 g/mol. The molecule has 0 radical (unpaired) electrons. The summed E-state index contributed by atoms with van der Waals surface area (Å²) in [6.07, 6.45) is 1.52. The molecular formula is C9H18N2O4S. The zero-order valence-corrected chi connectivity index (χ0v) is 10.2. The van der Waals surface area contributed by atoms with Crippen LogP contribution in [-0.2, 0) is 19.6 Å². The molecule has 0 saturated carbocycles. The van der Waals surface area contributed by atoms with Gasteiger partial charge in [-0.05, 0) is 12.8 Å². The standard InChI is InChI=1S/C9H18N2O4S/c1-15-9(12)4-6-16(13,14)11-5-2-3-8(10)7-11/h8H,2-7,10H2,1H3. The van der Waals surface area contributed by atoms with Crippen LogP contribution in [0.2, 0.25) is 0 Å². The number of hydrogen-bond donors (Lipinski definition) is 1.